The molecule has 1 aliphatic rings. The number of benzene rings is 1. The van der Waals surface area contributed by atoms with Gasteiger partial charge in [-0.25, -0.2) is 0 Å². The molecular formula is C17H22O3S. The SMILES string of the molecule is CC1C(O)CC(O)C1CCC(O)c1cc2ccccc2s1. The number of aliphatic hydroxyl groups is 3. The first-order valence-electron chi connectivity index (χ1n) is 7.59. The summed E-state index contributed by atoms with van der Waals surface area (Å²) in [4.78, 5) is 0.983. The minimum absolute atomic E-state index is 0.0871. The molecule has 0 aliphatic heterocycles. The Morgan fingerprint density at radius 1 is 1.24 bits per heavy atom. The summed E-state index contributed by atoms with van der Waals surface area (Å²) in [5.74, 6) is 0.193. The predicted octanol–water partition coefficient (Wildman–Crippen LogP) is 3.09. The van der Waals surface area contributed by atoms with Gasteiger partial charge in [0, 0.05) is 9.58 Å². The summed E-state index contributed by atoms with van der Waals surface area (Å²) in [7, 11) is 0. The Balaban J connectivity index is 1.65. The molecule has 0 amide bonds. The number of aliphatic hydroxyl groups excluding tert-OH is 3. The van der Waals surface area contributed by atoms with Crippen LogP contribution in [0.1, 0.15) is 37.2 Å². The van der Waals surface area contributed by atoms with E-state index in [4.69, 9.17) is 0 Å². The Labute approximate surface area is 128 Å². The normalized spacial score (nSPS) is 30.9. The maximum absolute atomic E-state index is 10.4. The molecule has 3 N–H and O–H groups in total. The first kappa shape index (κ1) is 15.0. The van der Waals surface area contributed by atoms with Crippen molar-refractivity contribution in [1.82, 2.24) is 0 Å². The van der Waals surface area contributed by atoms with E-state index in [9.17, 15) is 15.3 Å². The van der Waals surface area contributed by atoms with Gasteiger partial charge >= 0.3 is 0 Å². The van der Waals surface area contributed by atoms with Crippen LogP contribution in [-0.4, -0.2) is 27.5 Å². The van der Waals surface area contributed by atoms with Crippen molar-refractivity contribution in [2.24, 2.45) is 11.8 Å². The fourth-order valence-electron chi connectivity index (χ4n) is 3.39. The molecule has 1 heterocycles. The van der Waals surface area contributed by atoms with Gasteiger partial charge in [-0.1, -0.05) is 25.1 Å². The van der Waals surface area contributed by atoms with Crippen LogP contribution in [-0.2, 0) is 0 Å². The van der Waals surface area contributed by atoms with Crippen LogP contribution >= 0.6 is 11.3 Å². The van der Waals surface area contributed by atoms with Gasteiger partial charge in [-0.3, -0.25) is 0 Å². The van der Waals surface area contributed by atoms with Crippen LogP contribution in [0, 0.1) is 11.8 Å². The monoisotopic (exact) mass is 306 g/mol. The van der Waals surface area contributed by atoms with E-state index in [0.717, 1.165) is 11.3 Å². The lowest BCUT2D eigenvalue weighted by Crippen LogP contribution is -2.20. The minimum Gasteiger partial charge on any atom is -0.393 e. The molecule has 21 heavy (non-hydrogen) atoms. The molecule has 5 atom stereocenters. The molecule has 1 aliphatic carbocycles. The third kappa shape index (κ3) is 2.99. The molecule has 5 unspecified atom stereocenters. The number of fused-ring (bicyclic) bond motifs is 1. The number of hydrogen-bond acceptors (Lipinski definition) is 4. The molecule has 3 rings (SSSR count). The molecule has 2 aromatic rings. The van der Waals surface area contributed by atoms with Crippen molar-refractivity contribution in [2.45, 2.75) is 44.5 Å². The second-order valence-electron chi connectivity index (χ2n) is 6.17. The summed E-state index contributed by atoms with van der Waals surface area (Å²) in [5, 5.41) is 31.3. The molecule has 1 fully saturated rings. The van der Waals surface area contributed by atoms with Crippen molar-refractivity contribution in [1.29, 1.82) is 0 Å². The molecule has 1 saturated carbocycles. The van der Waals surface area contributed by atoms with Crippen LogP contribution in [0.2, 0.25) is 0 Å². The third-order valence-corrected chi connectivity index (χ3v) is 6.02. The zero-order valence-corrected chi connectivity index (χ0v) is 13.0. The van der Waals surface area contributed by atoms with E-state index in [1.807, 2.05) is 25.1 Å². The lowest BCUT2D eigenvalue weighted by atomic mass is 9.90. The topological polar surface area (TPSA) is 60.7 Å². The van der Waals surface area contributed by atoms with Crippen molar-refractivity contribution in [3.63, 3.8) is 0 Å². The van der Waals surface area contributed by atoms with Gasteiger partial charge in [0.2, 0.25) is 0 Å². The summed E-state index contributed by atoms with van der Waals surface area (Å²) in [6, 6.07) is 10.2. The van der Waals surface area contributed by atoms with Gasteiger partial charge in [-0.2, -0.15) is 0 Å². The lowest BCUT2D eigenvalue weighted by molar-refractivity contribution is 0.0933. The zero-order chi connectivity index (χ0) is 15.0. The minimum atomic E-state index is -0.487. The quantitative estimate of drug-likeness (QED) is 0.813. The molecular weight excluding hydrogens is 284 g/mol. The fourth-order valence-corrected chi connectivity index (χ4v) is 4.47. The van der Waals surface area contributed by atoms with Crippen LogP contribution in [0.25, 0.3) is 10.1 Å². The average Bonchev–Trinajstić information content (AvgIpc) is 2.99. The van der Waals surface area contributed by atoms with Crippen molar-refractivity contribution >= 4 is 21.4 Å². The molecule has 1 aromatic heterocycles. The van der Waals surface area contributed by atoms with E-state index in [1.165, 1.54) is 10.1 Å². The van der Waals surface area contributed by atoms with E-state index in [0.29, 0.717) is 12.8 Å². The van der Waals surface area contributed by atoms with Gasteiger partial charge in [0.25, 0.3) is 0 Å². The maximum Gasteiger partial charge on any atom is 0.0882 e. The Bertz CT molecular complexity index is 576. The second-order valence-corrected chi connectivity index (χ2v) is 7.29. The number of rotatable bonds is 4. The highest BCUT2D eigenvalue weighted by molar-refractivity contribution is 7.19. The molecule has 0 bridgehead atoms. The Morgan fingerprint density at radius 2 is 2.00 bits per heavy atom. The zero-order valence-electron chi connectivity index (χ0n) is 12.1. The van der Waals surface area contributed by atoms with Gasteiger partial charge < -0.3 is 15.3 Å². The van der Waals surface area contributed by atoms with Crippen LogP contribution in [0.4, 0.5) is 0 Å². The summed E-state index contributed by atoms with van der Waals surface area (Å²) in [5.41, 5.74) is 0. The Hall–Kier alpha value is -0.940. The van der Waals surface area contributed by atoms with E-state index in [-0.39, 0.29) is 11.8 Å². The molecule has 4 heteroatoms. The highest BCUT2D eigenvalue weighted by atomic mass is 32.1. The fraction of sp³-hybridized carbons (Fsp3) is 0.529. The van der Waals surface area contributed by atoms with Crippen molar-refractivity contribution in [3.05, 3.63) is 35.2 Å². The van der Waals surface area contributed by atoms with E-state index in [1.54, 1.807) is 11.3 Å². The van der Waals surface area contributed by atoms with Crippen molar-refractivity contribution in [2.75, 3.05) is 0 Å². The van der Waals surface area contributed by atoms with Gasteiger partial charge in [0.05, 0.1) is 18.3 Å². The van der Waals surface area contributed by atoms with Crippen molar-refractivity contribution < 1.29 is 15.3 Å². The first-order chi connectivity index (χ1) is 10.1. The molecule has 3 nitrogen and oxygen atoms in total. The smallest absolute Gasteiger partial charge is 0.0882 e. The van der Waals surface area contributed by atoms with Crippen LogP contribution in [0.3, 0.4) is 0 Å². The molecule has 0 spiro atoms. The summed E-state index contributed by atoms with van der Waals surface area (Å²) < 4.78 is 1.19. The van der Waals surface area contributed by atoms with E-state index >= 15 is 0 Å². The largest absolute Gasteiger partial charge is 0.393 e. The van der Waals surface area contributed by atoms with Crippen LogP contribution in [0.5, 0.6) is 0 Å². The molecule has 0 saturated heterocycles. The Kier molecular flexibility index (Phi) is 4.31. The maximum atomic E-state index is 10.4. The Morgan fingerprint density at radius 3 is 2.67 bits per heavy atom. The van der Waals surface area contributed by atoms with Gasteiger partial charge in [-0.15, -0.1) is 11.3 Å². The van der Waals surface area contributed by atoms with E-state index < -0.39 is 18.3 Å². The highest BCUT2D eigenvalue weighted by Gasteiger charge is 2.38. The number of thiophene rings is 1. The molecule has 0 radical (unpaired) electrons. The van der Waals surface area contributed by atoms with Gasteiger partial charge in [0.15, 0.2) is 0 Å². The van der Waals surface area contributed by atoms with E-state index in [2.05, 4.69) is 12.1 Å². The average molecular weight is 306 g/mol. The number of hydrogen-bond donors (Lipinski definition) is 3. The molecule has 114 valence electrons. The summed E-state index contributed by atoms with van der Waals surface area (Å²) in [6.07, 6.45) is 0.501. The summed E-state index contributed by atoms with van der Waals surface area (Å²) in [6.45, 7) is 1.98. The standard InChI is InChI=1S/C17H22O3S/c1-10-12(15(20)9-14(10)19)6-7-13(18)17-8-11-4-2-3-5-16(11)21-17/h2-5,8,10,12-15,18-20H,6-7,9H2,1H3. The van der Waals surface area contributed by atoms with Crippen LogP contribution < -0.4 is 0 Å². The highest BCUT2D eigenvalue weighted by Crippen LogP contribution is 2.38. The first-order valence-corrected chi connectivity index (χ1v) is 8.40. The third-order valence-electron chi connectivity index (χ3n) is 4.81. The second kappa shape index (κ2) is 6.05. The van der Waals surface area contributed by atoms with Crippen molar-refractivity contribution in [3.8, 4) is 0 Å². The molecule has 1 aromatic carbocycles. The van der Waals surface area contributed by atoms with Gasteiger partial charge in [-0.05, 0) is 48.6 Å². The van der Waals surface area contributed by atoms with Crippen LogP contribution in [0.15, 0.2) is 30.3 Å². The summed E-state index contributed by atoms with van der Waals surface area (Å²) >= 11 is 1.63. The lowest BCUT2D eigenvalue weighted by Gasteiger charge is -2.20. The van der Waals surface area contributed by atoms with Gasteiger partial charge in [0.1, 0.15) is 0 Å². The predicted molar refractivity (Wildman–Crippen MR) is 85.3 cm³/mol.